The van der Waals surface area contributed by atoms with E-state index >= 15 is 0 Å². The lowest BCUT2D eigenvalue weighted by atomic mass is 10.0. The van der Waals surface area contributed by atoms with Gasteiger partial charge in [-0.1, -0.05) is 23.7 Å². The molecule has 0 aliphatic heterocycles. The van der Waals surface area contributed by atoms with Crippen LogP contribution in [0.4, 0.5) is 22.0 Å². The summed E-state index contributed by atoms with van der Waals surface area (Å²) in [5.41, 5.74) is -2.12. The summed E-state index contributed by atoms with van der Waals surface area (Å²) in [5.74, 6) is -3.39. The number of rotatable bonds is 3. The van der Waals surface area contributed by atoms with Crippen LogP contribution >= 0.6 is 11.6 Å². The summed E-state index contributed by atoms with van der Waals surface area (Å²) < 4.78 is 72.4. The van der Waals surface area contributed by atoms with Gasteiger partial charge >= 0.3 is 6.18 Å². The predicted octanol–water partition coefficient (Wildman–Crippen LogP) is 6.36. The van der Waals surface area contributed by atoms with E-state index in [1.54, 1.807) is 0 Å². The highest BCUT2D eigenvalue weighted by molar-refractivity contribution is 6.30. The SMILES string of the molecule is N#Cc1c(C(F)(F)F)cc(-c2ccc(Cl)cc2)nc1Oc1ccc(F)cc1F. The number of benzene rings is 2. The zero-order valence-corrected chi connectivity index (χ0v) is 14.4. The fourth-order valence-electron chi connectivity index (χ4n) is 2.36. The minimum Gasteiger partial charge on any atom is -0.435 e. The Morgan fingerprint density at radius 2 is 1.68 bits per heavy atom. The van der Waals surface area contributed by atoms with Gasteiger partial charge in [0.05, 0.1) is 11.3 Å². The van der Waals surface area contributed by atoms with Gasteiger partial charge in [-0.05, 0) is 30.3 Å². The molecule has 3 aromatic rings. The Balaban J connectivity index is 2.20. The minimum absolute atomic E-state index is 0.166. The normalized spacial score (nSPS) is 11.2. The first-order valence-electron chi connectivity index (χ1n) is 7.60. The van der Waals surface area contributed by atoms with Gasteiger partial charge in [0.25, 0.3) is 0 Å². The molecule has 0 aliphatic carbocycles. The smallest absolute Gasteiger partial charge is 0.417 e. The molecule has 0 saturated heterocycles. The number of pyridine rings is 1. The van der Waals surface area contributed by atoms with Crippen LogP contribution in [-0.2, 0) is 6.18 Å². The van der Waals surface area contributed by atoms with E-state index in [0.717, 1.165) is 12.1 Å². The van der Waals surface area contributed by atoms with Crippen molar-refractivity contribution in [1.29, 1.82) is 5.26 Å². The molecule has 9 heteroatoms. The summed E-state index contributed by atoms with van der Waals surface area (Å²) in [6.07, 6.45) is -4.89. The van der Waals surface area contributed by atoms with Crippen LogP contribution in [0.5, 0.6) is 11.6 Å². The van der Waals surface area contributed by atoms with Crippen LogP contribution < -0.4 is 4.74 Å². The van der Waals surface area contributed by atoms with Gasteiger partial charge in [-0.15, -0.1) is 0 Å². The average molecular weight is 411 g/mol. The Morgan fingerprint density at radius 1 is 1.00 bits per heavy atom. The maximum absolute atomic E-state index is 13.9. The van der Waals surface area contributed by atoms with Crippen LogP contribution in [-0.4, -0.2) is 4.98 Å². The van der Waals surface area contributed by atoms with E-state index in [2.05, 4.69) is 4.98 Å². The van der Waals surface area contributed by atoms with E-state index < -0.39 is 40.6 Å². The van der Waals surface area contributed by atoms with Gasteiger partial charge in [-0.2, -0.15) is 18.4 Å². The van der Waals surface area contributed by atoms with Crippen LogP contribution in [0.25, 0.3) is 11.3 Å². The molecule has 0 N–H and O–H groups in total. The van der Waals surface area contributed by atoms with Gasteiger partial charge < -0.3 is 4.74 Å². The number of alkyl halides is 3. The summed E-state index contributed by atoms with van der Waals surface area (Å²) in [5, 5.41) is 9.57. The molecule has 2 aromatic carbocycles. The molecule has 0 amide bonds. The largest absolute Gasteiger partial charge is 0.435 e. The summed E-state index contributed by atoms with van der Waals surface area (Å²) in [6, 6.07) is 10.1. The van der Waals surface area contributed by atoms with Gasteiger partial charge in [0, 0.05) is 16.7 Å². The summed E-state index contributed by atoms with van der Waals surface area (Å²) in [4.78, 5) is 3.93. The van der Waals surface area contributed by atoms with Gasteiger partial charge in [-0.25, -0.2) is 13.8 Å². The fourth-order valence-corrected chi connectivity index (χ4v) is 2.48. The lowest BCUT2D eigenvalue weighted by Crippen LogP contribution is -2.11. The number of nitrogens with zero attached hydrogens (tertiary/aromatic N) is 2. The van der Waals surface area contributed by atoms with Crippen LogP contribution in [0, 0.1) is 23.0 Å². The first-order chi connectivity index (χ1) is 13.2. The molecule has 3 nitrogen and oxygen atoms in total. The van der Waals surface area contributed by atoms with Crippen molar-refractivity contribution in [1.82, 2.24) is 4.98 Å². The molecule has 0 bridgehead atoms. The first-order valence-corrected chi connectivity index (χ1v) is 7.98. The lowest BCUT2D eigenvalue weighted by molar-refractivity contribution is -0.137. The molecule has 0 radical (unpaired) electrons. The van der Waals surface area contributed by atoms with E-state index in [1.807, 2.05) is 0 Å². The molecule has 0 atom stereocenters. The van der Waals surface area contributed by atoms with E-state index in [0.29, 0.717) is 17.2 Å². The zero-order chi connectivity index (χ0) is 20.5. The van der Waals surface area contributed by atoms with Crippen molar-refractivity contribution >= 4 is 11.6 Å². The highest BCUT2D eigenvalue weighted by Gasteiger charge is 2.36. The Kier molecular flexibility index (Phi) is 5.21. The predicted molar refractivity (Wildman–Crippen MR) is 90.8 cm³/mol. The summed E-state index contributed by atoms with van der Waals surface area (Å²) >= 11 is 5.78. The highest BCUT2D eigenvalue weighted by atomic mass is 35.5. The van der Waals surface area contributed by atoms with Crippen LogP contribution in [0.1, 0.15) is 11.1 Å². The van der Waals surface area contributed by atoms with Gasteiger partial charge in [-0.3, -0.25) is 0 Å². The molecule has 0 aliphatic rings. The fraction of sp³-hybridized carbons (Fsp3) is 0.0526. The second-order valence-electron chi connectivity index (χ2n) is 5.53. The molecule has 0 unspecified atom stereocenters. The maximum Gasteiger partial charge on any atom is 0.417 e. The molecule has 1 aromatic heterocycles. The summed E-state index contributed by atoms with van der Waals surface area (Å²) in [6.45, 7) is 0. The second kappa shape index (κ2) is 7.44. The summed E-state index contributed by atoms with van der Waals surface area (Å²) in [7, 11) is 0. The molecule has 28 heavy (non-hydrogen) atoms. The third kappa shape index (κ3) is 4.05. The maximum atomic E-state index is 13.9. The molecule has 3 rings (SSSR count). The number of ether oxygens (including phenoxy) is 1. The van der Waals surface area contributed by atoms with Gasteiger partial charge in [0.2, 0.25) is 5.88 Å². The number of hydrogen-bond acceptors (Lipinski definition) is 3. The number of hydrogen-bond donors (Lipinski definition) is 0. The highest BCUT2D eigenvalue weighted by Crippen LogP contribution is 2.39. The van der Waals surface area contributed by atoms with Crippen molar-refractivity contribution in [2.75, 3.05) is 0 Å². The zero-order valence-electron chi connectivity index (χ0n) is 13.7. The van der Waals surface area contributed by atoms with Crippen molar-refractivity contribution in [2.45, 2.75) is 6.18 Å². The van der Waals surface area contributed by atoms with E-state index in [1.165, 1.54) is 30.3 Å². The lowest BCUT2D eigenvalue weighted by Gasteiger charge is -2.15. The van der Waals surface area contributed by atoms with Gasteiger partial charge in [0.1, 0.15) is 17.4 Å². The van der Waals surface area contributed by atoms with E-state index in [9.17, 15) is 27.2 Å². The van der Waals surface area contributed by atoms with Gasteiger partial charge in [0.15, 0.2) is 11.6 Å². The minimum atomic E-state index is -4.89. The molecular formula is C19H8ClF5N2O. The molecule has 0 spiro atoms. The topological polar surface area (TPSA) is 45.9 Å². The Bertz CT molecular complexity index is 1080. The number of nitriles is 1. The average Bonchev–Trinajstić information content (AvgIpc) is 2.63. The Hall–Kier alpha value is -3.18. The van der Waals surface area contributed by atoms with Crippen LogP contribution in [0.3, 0.4) is 0 Å². The molecular weight excluding hydrogens is 403 g/mol. The molecule has 142 valence electrons. The second-order valence-corrected chi connectivity index (χ2v) is 5.96. The number of aromatic nitrogens is 1. The van der Waals surface area contributed by atoms with Crippen molar-refractivity contribution in [2.24, 2.45) is 0 Å². The number of halogens is 6. The van der Waals surface area contributed by atoms with Crippen LogP contribution in [0.2, 0.25) is 5.02 Å². The van der Waals surface area contributed by atoms with Crippen molar-refractivity contribution in [3.8, 4) is 29.0 Å². The van der Waals surface area contributed by atoms with E-state index in [4.69, 9.17) is 16.3 Å². The standard InChI is InChI=1S/C19H8ClF5N2O/c20-11-3-1-10(2-4-11)16-8-14(19(23,24)25)13(9-26)18(27-16)28-17-6-5-12(21)7-15(17)22/h1-8H. The van der Waals surface area contributed by atoms with Crippen molar-refractivity contribution in [3.05, 3.63) is 76.3 Å². The van der Waals surface area contributed by atoms with Crippen LogP contribution in [0.15, 0.2) is 48.5 Å². The quantitative estimate of drug-likeness (QED) is 0.472. The molecule has 0 fully saturated rings. The monoisotopic (exact) mass is 410 g/mol. The molecule has 0 saturated carbocycles. The van der Waals surface area contributed by atoms with Crippen molar-refractivity contribution in [3.63, 3.8) is 0 Å². The Morgan fingerprint density at radius 3 is 2.25 bits per heavy atom. The first kappa shape index (κ1) is 19.6. The Labute approximate surface area is 160 Å². The third-order valence-electron chi connectivity index (χ3n) is 3.64. The van der Waals surface area contributed by atoms with E-state index in [-0.39, 0.29) is 11.3 Å². The van der Waals surface area contributed by atoms with Crippen molar-refractivity contribution < 1.29 is 26.7 Å². The third-order valence-corrected chi connectivity index (χ3v) is 3.90. The molecule has 1 heterocycles.